The van der Waals surface area contributed by atoms with Crippen molar-refractivity contribution in [3.05, 3.63) is 35.7 Å². The Labute approximate surface area is 164 Å². The molecule has 3 rings (SSSR count). The fourth-order valence-electron chi connectivity index (χ4n) is 2.37. The molecule has 138 valence electrons. The molecule has 0 fully saturated rings. The maximum absolute atomic E-state index is 12.2. The molecule has 0 aliphatic heterocycles. The molecule has 0 spiro atoms. The van der Waals surface area contributed by atoms with Gasteiger partial charge in [-0.25, -0.2) is 0 Å². The molecule has 3 aromatic rings. The Balaban J connectivity index is 1.59. The molecule has 0 saturated heterocycles. The summed E-state index contributed by atoms with van der Waals surface area (Å²) in [6.45, 7) is 4.82. The van der Waals surface area contributed by atoms with E-state index in [-0.39, 0.29) is 11.7 Å². The maximum Gasteiger partial charge on any atom is 0.236 e. The summed E-state index contributed by atoms with van der Waals surface area (Å²) in [5.41, 5.74) is 1.43. The summed E-state index contributed by atoms with van der Waals surface area (Å²) in [5.74, 6) is 0.955. The Kier molecular flexibility index (Phi) is 6.16. The van der Waals surface area contributed by atoms with Crippen LogP contribution in [0.1, 0.15) is 25.2 Å². The van der Waals surface area contributed by atoms with Gasteiger partial charge in [-0.05, 0) is 19.1 Å². The van der Waals surface area contributed by atoms with E-state index in [1.54, 1.807) is 12.1 Å². The highest BCUT2D eigenvalue weighted by molar-refractivity contribution is 7.99. The third-order valence-electron chi connectivity index (χ3n) is 3.69. The van der Waals surface area contributed by atoms with Gasteiger partial charge in [0.15, 0.2) is 5.16 Å². The average molecular weight is 400 g/mol. The van der Waals surface area contributed by atoms with Crippen LogP contribution in [0.15, 0.2) is 29.4 Å². The van der Waals surface area contributed by atoms with Gasteiger partial charge in [0.25, 0.3) is 0 Å². The largest absolute Gasteiger partial charge is 0.306 e. The number of aryl methyl sites for hydroxylation is 1. The molecule has 27 heavy (non-hydrogen) atoms. The van der Waals surface area contributed by atoms with Gasteiger partial charge in [-0.15, -0.1) is 20.4 Å². The zero-order valence-corrected chi connectivity index (χ0v) is 16.5. The van der Waals surface area contributed by atoms with E-state index < -0.39 is 0 Å². The van der Waals surface area contributed by atoms with Gasteiger partial charge < -0.3 is 4.57 Å². The van der Waals surface area contributed by atoms with Crippen LogP contribution in [-0.4, -0.2) is 36.6 Å². The van der Waals surface area contributed by atoms with Crippen molar-refractivity contribution in [2.75, 3.05) is 11.1 Å². The van der Waals surface area contributed by atoms with E-state index >= 15 is 0 Å². The van der Waals surface area contributed by atoms with Crippen molar-refractivity contribution >= 4 is 34.1 Å². The molecule has 1 amide bonds. The number of aromatic nitrogens is 5. The Morgan fingerprint density at radius 1 is 1.22 bits per heavy atom. The van der Waals surface area contributed by atoms with Gasteiger partial charge in [-0.1, -0.05) is 42.2 Å². The van der Waals surface area contributed by atoms with Crippen LogP contribution in [0.2, 0.25) is 0 Å². The minimum atomic E-state index is -0.175. The number of nitrogens with one attached hydrogen (secondary N) is 1. The van der Waals surface area contributed by atoms with Crippen LogP contribution in [0.25, 0.3) is 10.6 Å². The molecule has 0 aliphatic rings. The predicted molar refractivity (Wildman–Crippen MR) is 104 cm³/mol. The van der Waals surface area contributed by atoms with E-state index in [2.05, 4.69) is 31.8 Å². The number of carbonyl (C=O) groups is 1. The Bertz CT molecular complexity index is 972. The first kappa shape index (κ1) is 19.0. The highest BCUT2D eigenvalue weighted by Crippen LogP contribution is 2.27. The molecule has 0 unspecified atom stereocenters. The third kappa shape index (κ3) is 4.50. The van der Waals surface area contributed by atoms with E-state index in [1.165, 1.54) is 23.1 Å². The van der Waals surface area contributed by atoms with Crippen LogP contribution in [-0.2, 0) is 17.8 Å². The first-order chi connectivity index (χ1) is 13.1. The molecule has 1 N–H and O–H groups in total. The number of nitrogens with zero attached hydrogens (tertiary/aromatic N) is 6. The summed E-state index contributed by atoms with van der Waals surface area (Å²) in [7, 11) is 0. The summed E-state index contributed by atoms with van der Waals surface area (Å²) in [5, 5.41) is 29.8. The van der Waals surface area contributed by atoms with Crippen LogP contribution in [0.3, 0.4) is 0 Å². The molecular formula is C17H17N7OS2. The average Bonchev–Trinajstić information content (AvgIpc) is 3.32. The second-order valence-corrected chi connectivity index (χ2v) is 7.36. The molecule has 0 atom stereocenters. The number of rotatable bonds is 7. The van der Waals surface area contributed by atoms with E-state index in [9.17, 15) is 4.79 Å². The van der Waals surface area contributed by atoms with Crippen molar-refractivity contribution in [3.8, 4) is 16.6 Å². The standard InChI is InChI=1S/C17H17N7OS2/c1-3-13-20-23-17(24(13)4-2)26-10-14(25)19-16-22-21-15(27-16)12-7-5-11(9-18)6-8-12/h5-8H,3-4,10H2,1-2H3,(H,19,22,25). The highest BCUT2D eigenvalue weighted by Gasteiger charge is 2.14. The highest BCUT2D eigenvalue weighted by atomic mass is 32.2. The quantitative estimate of drug-likeness (QED) is 0.608. The van der Waals surface area contributed by atoms with Crippen LogP contribution in [0.5, 0.6) is 0 Å². The minimum absolute atomic E-state index is 0.175. The predicted octanol–water partition coefficient (Wildman–Crippen LogP) is 2.98. The van der Waals surface area contributed by atoms with Gasteiger partial charge >= 0.3 is 0 Å². The lowest BCUT2D eigenvalue weighted by atomic mass is 10.2. The fraction of sp³-hybridized carbons (Fsp3) is 0.294. The van der Waals surface area contributed by atoms with Gasteiger partial charge in [0.1, 0.15) is 10.8 Å². The van der Waals surface area contributed by atoms with E-state index in [0.29, 0.717) is 15.7 Å². The van der Waals surface area contributed by atoms with Crippen molar-refractivity contribution < 1.29 is 4.79 Å². The Hall–Kier alpha value is -2.77. The van der Waals surface area contributed by atoms with Gasteiger partial charge in [-0.3, -0.25) is 10.1 Å². The number of anilines is 1. The summed E-state index contributed by atoms with van der Waals surface area (Å²) < 4.78 is 2.01. The van der Waals surface area contributed by atoms with Gasteiger partial charge in [0.05, 0.1) is 17.4 Å². The summed E-state index contributed by atoms with van der Waals surface area (Å²) in [4.78, 5) is 12.2. The van der Waals surface area contributed by atoms with E-state index in [1.807, 2.05) is 30.5 Å². The molecule has 2 heterocycles. The number of benzene rings is 1. The lowest BCUT2D eigenvalue weighted by molar-refractivity contribution is -0.113. The summed E-state index contributed by atoms with van der Waals surface area (Å²) in [6.07, 6.45) is 0.802. The van der Waals surface area contributed by atoms with Crippen molar-refractivity contribution in [1.29, 1.82) is 5.26 Å². The smallest absolute Gasteiger partial charge is 0.236 e. The van der Waals surface area contributed by atoms with E-state index in [0.717, 1.165) is 29.5 Å². The first-order valence-corrected chi connectivity index (χ1v) is 10.1. The second kappa shape index (κ2) is 8.75. The summed E-state index contributed by atoms with van der Waals surface area (Å²) >= 11 is 2.63. The van der Waals surface area contributed by atoms with Gasteiger partial charge in [0, 0.05) is 18.5 Å². The zero-order valence-electron chi connectivity index (χ0n) is 14.8. The Morgan fingerprint density at radius 2 is 2.00 bits per heavy atom. The molecule has 2 aromatic heterocycles. The zero-order chi connectivity index (χ0) is 19.2. The minimum Gasteiger partial charge on any atom is -0.306 e. The van der Waals surface area contributed by atoms with Gasteiger partial charge in [-0.2, -0.15) is 5.26 Å². The number of hydrogen-bond donors (Lipinski definition) is 1. The number of nitriles is 1. The second-order valence-electron chi connectivity index (χ2n) is 5.43. The normalized spacial score (nSPS) is 10.6. The van der Waals surface area contributed by atoms with E-state index in [4.69, 9.17) is 5.26 Å². The van der Waals surface area contributed by atoms with Crippen LogP contribution < -0.4 is 5.32 Å². The van der Waals surface area contributed by atoms with Crippen molar-refractivity contribution in [3.63, 3.8) is 0 Å². The van der Waals surface area contributed by atoms with Crippen molar-refractivity contribution in [2.24, 2.45) is 0 Å². The molecular weight excluding hydrogens is 382 g/mol. The molecule has 0 saturated carbocycles. The molecule has 0 radical (unpaired) electrons. The Morgan fingerprint density at radius 3 is 2.67 bits per heavy atom. The molecule has 10 heteroatoms. The molecule has 1 aromatic carbocycles. The van der Waals surface area contributed by atoms with Crippen molar-refractivity contribution in [2.45, 2.75) is 32.0 Å². The lowest BCUT2D eigenvalue weighted by Gasteiger charge is -2.05. The SMILES string of the molecule is CCc1nnc(SCC(=O)Nc2nnc(-c3ccc(C#N)cc3)s2)n1CC. The fourth-order valence-corrected chi connectivity index (χ4v) is 3.95. The monoisotopic (exact) mass is 399 g/mol. The van der Waals surface area contributed by atoms with Crippen LogP contribution in [0, 0.1) is 11.3 Å². The van der Waals surface area contributed by atoms with Crippen LogP contribution >= 0.6 is 23.1 Å². The topological polar surface area (TPSA) is 109 Å². The first-order valence-electron chi connectivity index (χ1n) is 8.33. The van der Waals surface area contributed by atoms with Crippen LogP contribution in [0.4, 0.5) is 5.13 Å². The molecule has 8 nitrogen and oxygen atoms in total. The summed E-state index contributed by atoms with van der Waals surface area (Å²) in [6, 6.07) is 9.14. The number of carbonyl (C=O) groups excluding carboxylic acids is 1. The lowest BCUT2D eigenvalue weighted by Crippen LogP contribution is -2.14. The number of hydrogen-bond acceptors (Lipinski definition) is 8. The molecule has 0 bridgehead atoms. The van der Waals surface area contributed by atoms with Crippen molar-refractivity contribution in [1.82, 2.24) is 25.0 Å². The maximum atomic E-state index is 12.2. The van der Waals surface area contributed by atoms with Gasteiger partial charge in [0.2, 0.25) is 11.0 Å². The number of thioether (sulfide) groups is 1. The third-order valence-corrected chi connectivity index (χ3v) is 5.55. The number of amides is 1. The molecule has 0 aliphatic carbocycles.